The molecule has 9 heteroatoms. The summed E-state index contributed by atoms with van der Waals surface area (Å²) in [6.45, 7) is 14.0. The van der Waals surface area contributed by atoms with E-state index in [0.29, 0.717) is 17.7 Å². The molecule has 0 saturated carbocycles. The number of aromatic nitrogens is 4. The zero-order valence-corrected chi connectivity index (χ0v) is 26.6. The molecule has 9 nitrogen and oxygen atoms in total. The number of aliphatic hydroxyl groups is 1. The number of esters is 2. The molecule has 228 valence electrons. The van der Waals surface area contributed by atoms with Crippen LogP contribution in [0.1, 0.15) is 90.6 Å². The molecular weight excluding hydrogens is 544 g/mol. The molecule has 43 heavy (non-hydrogen) atoms. The molecule has 5 rings (SSSR count). The number of aromatic amines is 2. The van der Waals surface area contributed by atoms with Gasteiger partial charge >= 0.3 is 11.9 Å². The second kappa shape index (κ2) is 13.0. The van der Waals surface area contributed by atoms with E-state index in [4.69, 9.17) is 14.7 Å². The number of nitrogens with zero attached hydrogens (tertiary/aromatic N) is 2. The molecule has 0 fully saturated rings. The number of carbonyl (C=O) groups excluding carboxylic acids is 2. The summed E-state index contributed by atoms with van der Waals surface area (Å²) in [6.07, 6.45) is 2.07. The lowest BCUT2D eigenvalue weighted by atomic mass is 9.99. The first-order chi connectivity index (χ1) is 20.5. The van der Waals surface area contributed by atoms with Crippen LogP contribution in [0.2, 0.25) is 0 Å². The Hall–Kier alpha value is -4.24. The van der Waals surface area contributed by atoms with Crippen LogP contribution in [0.3, 0.4) is 0 Å². The van der Waals surface area contributed by atoms with E-state index < -0.39 is 5.97 Å². The van der Waals surface area contributed by atoms with Crippen molar-refractivity contribution in [2.45, 2.75) is 80.3 Å². The number of fused-ring (bicyclic) bond motifs is 8. The molecule has 0 radical (unpaired) electrons. The van der Waals surface area contributed by atoms with Crippen molar-refractivity contribution in [3.8, 4) is 0 Å². The number of hydrogen-bond donors (Lipinski definition) is 3. The molecule has 2 aliphatic heterocycles. The summed E-state index contributed by atoms with van der Waals surface area (Å²) >= 11 is 0. The fourth-order valence-electron chi connectivity index (χ4n) is 5.71. The average Bonchev–Trinajstić information content (AvgIpc) is 3.70. The van der Waals surface area contributed by atoms with Gasteiger partial charge in [0, 0.05) is 51.4 Å². The van der Waals surface area contributed by atoms with E-state index in [1.54, 1.807) is 6.92 Å². The van der Waals surface area contributed by atoms with Gasteiger partial charge in [-0.25, -0.2) is 9.78 Å². The minimum Gasteiger partial charge on any atom is -0.469 e. The number of carbonyl (C=O) groups is 2. The molecular formula is C34H42N4O5. The Labute approximate surface area is 252 Å². The molecule has 8 bridgehead atoms. The number of allylic oxidation sites excluding steroid dienone is 1. The minimum absolute atomic E-state index is 0.0525. The molecule has 3 N–H and O–H groups in total. The third kappa shape index (κ3) is 5.99. The van der Waals surface area contributed by atoms with Crippen molar-refractivity contribution in [2.24, 2.45) is 0 Å². The van der Waals surface area contributed by atoms with E-state index >= 15 is 0 Å². The van der Waals surface area contributed by atoms with E-state index in [0.717, 1.165) is 79.8 Å². The Kier molecular flexibility index (Phi) is 9.55. The summed E-state index contributed by atoms with van der Waals surface area (Å²) in [6, 6.07) is 6.17. The number of hydrogen-bond acceptors (Lipinski definition) is 7. The van der Waals surface area contributed by atoms with Crippen LogP contribution in [-0.4, -0.2) is 51.2 Å². The first-order valence-electron chi connectivity index (χ1n) is 14.7. The van der Waals surface area contributed by atoms with Gasteiger partial charge in [-0.05, 0) is 86.6 Å². The van der Waals surface area contributed by atoms with Gasteiger partial charge in [0.1, 0.15) is 0 Å². The van der Waals surface area contributed by atoms with Crippen molar-refractivity contribution < 1.29 is 24.2 Å². The first-order valence-corrected chi connectivity index (χ1v) is 14.7. The molecule has 5 heterocycles. The summed E-state index contributed by atoms with van der Waals surface area (Å²) in [4.78, 5) is 39.9. The van der Waals surface area contributed by atoms with Crippen LogP contribution in [-0.2, 0) is 38.5 Å². The van der Waals surface area contributed by atoms with Gasteiger partial charge in [0.2, 0.25) is 0 Å². The third-order valence-electron chi connectivity index (χ3n) is 8.47. The number of aliphatic hydroxyl groups excluding tert-OH is 1. The quantitative estimate of drug-likeness (QED) is 0.305. The van der Waals surface area contributed by atoms with Gasteiger partial charge in [-0.1, -0.05) is 20.8 Å². The van der Waals surface area contributed by atoms with E-state index in [1.165, 1.54) is 19.8 Å². The SMILES string of the molecule is CCC(=O)OC.CCc1c(C)c2cc3[nH]c(cc4nc(c(C)c5nc(cc1[nH]2)C(C)=C5C(=O)OC)CC4C)c(C)c3CO. The highest BCUT2D eigenvalue weighted by atomic mass is 16.5. The van der Waals surface area contributed by atoms with Gasteiger partial charge in [0.05, 0.1) is 37.8 Å². The summed E-state index contributed by atoms with van der Waals surface area (Å²) in [5.74, 6) is -0.343. The predicted molar refractivity (Wildman–Crippen MR) is 169 cm³/mol. The van der Waals surface area contributed by atoms with Crippen LogP contribution in [0.4, 0.5) is 0 Å². The Morgan fingerprint density at radius 1 is 0.884 bits per heavy atom. The summed E-state index contributed by atoms with van der Waals surface area (Å²) in [5.41, 5.74) is 13.4. The number of H-pyrrole nitrogens is 2. The fourth-order valence-corrected chi connectivity index (χ4v) is 5.71. The average molecular weight is 587 g/mol. The summed E-state index contributed by atoms with van der Waals surface area (Å²) in [5, 5.41) is 10.2. The van der Waals surface area contributed by atoms with E-state index in [9.17, 15) is 14.7 Å². The van der Waals surface area contributed by atoms with Crippen LogP contribution < -0.4 is 0 Å². The number of nitrogens with one attached hydrogen (secondary N) is 2. The molecule has 1 unspecified atom stereocenters. The smallest absolute Gasteiger partial charge is 0.340 e. The first kappa shape index (κ1) is 31.7. The van der Waals surface area contributed by atoms with Gasteiger partial charge in [0.25, 0.3) is 0 Å². The number of methoxy groups -OCH3 is 2. The van der Waals surface area contributed by atoms with Crippen molar-refractivity contribution in [3.05, 3.63) is 68.8 Å². The van der Waals surface area contributed by atoms with Gasteiger partial charge in [-0.3, -0.25) is 9.78 Å². The normalized spacial score (nSPS) is 14.3. The van der Waals surface area contributed by atoms with E-state index in [-0.39, 0.29) is 18.5 Å². The maximum absolute atomic E-state index is 12.9. The van der Waals surface area contributed by atoms with Crippen molar-refractivity contribution >= 4 is 45.2 Å². The Morgan fingerprint density at radius 3 is 2.07 bits per heavy atom. The van der Waals surface area contributed by atoms with Crippen LogP contribution in [0.25, 0.3) is 33.2 Å². The molecule has 1 atom stereocenters. The number of aryl methyl sites for hydroxylation is 3. The molecule has 0 saturated heterocycles. The number of ether oxygens (including phenoxy) is 2. The standard InChI is InChI=1S/C30H34N4O3.C4H8O2/c1-8-19-15(3)24-11-27-20(13-35)16(4)23(33-27)10-21-14(2)9-22(31-21)18(6)29-28(30(36)37-7)17(5)25(34-29)12-26(19)32-24;1-3-4(5)6-2/h10-12,14,32-33,35H,8-9,13H2,1-7H3;3H2,1-2H3. The fraction of sp³-hybridized carbons (Fsp3) is 0.412. The van der Waals surface area contributed by atoms with Crippen LogP contribution in [0.5, 0.6) is 0 Å². The van der Waals surface area contributed by atoms with Crippen molar-refractivity contribution in [1.29, 1.82) is 0 Å². The van der Waals surface area contributed by atoms with E-state index in [2.05, 4.69) is 47.6 Å². The maximum atomic E-state index is 12.9. The lowest BCUT2D eigenvalue weighted by molar-refractivity contribution is -0.140. The van der Waals surface area contributed by atoms with Crippen molar-refractivity contribution in [1.82, 2.24) is 19.9 Å². The Bertz CT molecular complexity index is 1770. The molecule has 3 aromatic heterocycles. The minimum atomic E-state index is -0.391. The Morgan fingerprint density at radius 2 is 1.51 bits per heavy atom. The molecule has 3 aromatic rings. The zero-order chi connectivity index (χ0) is 31.6. The van der Waals surface area contributed by atoms with Crippen LogP contribution in [0, 0.1) is 20.8 Å². The lowest BCUT2D eigenvalue weighted by Crippen LogP contribution is -2.05. The molecule has 0 amide bonds. The summed E-state index contributed by atoms with van der Waals surface area (Å²) < 4.78 is 9.42. The predicted octanol–water partition coefficient (Wildman–Crippen LogP) is 6.31. The van der Waals surface area contributed by atoms with Crippen molar-refractivity contribution in [3.63, 3.8) is 0 Å². The van der Waals surface area contributed by atoms with E-state index in [1.807, 2.05) is 26.8 Å². The van der Waals surface area contributed by atoms with Gasteiger partial charge < -0.3 is 24.5 Å². The molecule has 2 aliphatic rings. The van der Waals surface area contributed by atoms with Gasteiger partial charge in [0.15, 0.2) is 0 Å². The zero-order valence-electron chi connectivity index (χ0n) is 26.6. The maximum Gasteiger partial charge on any atom is 0.340 e. The second-order valence-corrected chi connectivity index (χ2v) is 11.0. The molecule has 0 spiro atoms. The Balaban J connectivity index is 0.000000641. The van der Waals surface area contributed by atoms with Gasteiger partial charge in [-0.15, -0.1) is 0 Å². The van der Waals surface area contributed by atoms with Gasteiger partial charge in [-0.2, -0.15) is 0 Å². The highest BCUT2D eigenvalue weighted by molar-refractivity contribution is 6.25. The second-order valence-electron chi connectivity index (χ2n) is 11.0. The highest BCUT2D eigenvalue weighted by Gasteiger charge is 2.28. The number of rotatable bonds is 4. The third-order valence-corrected chi connectivity index (χ3v) is 8.47. The molecule has 0 aromatic carbocycles. The molecule has 0 aliphatic carbocycles. The monoisotopic (exact) mass is 586 g/mol. The van der Waals surface area contributed by atoms with Crippen LogP contribution >= 0.6 is 0 Å². The lowest BCUT2D eigenvalue weighted by Gasteiger charge is -2.05. The van der Waals surface area contributed by atoms with Crippen LogP contribution in [0.15, 0.2) is 18.2 Å². The van der Waals surface area contributed by atoms with Crippen molar-refractivity contribution in [2.75, 3.05) is 14.2 Å². The summed E-state index contributed by atoms with van der Waals surface area (Å²) in [7, 11) is 2.79. The largest absolute Gasteiger partial charge is 0.469 e. The topological polar surface area (TPSA) is 130 Å². The highest BCUT2D eigenvalue weighted by Crippen LogP contribution is 2.36.